The van der Waals surface area contributed by atoms with E-state index in [1.54, 1.807) is 0 Å². The molecule has 52 heavy (non-hydrogen) atoms. The minimum absolute atomic E-state index is 0.0978. The van der Waals surface area contributed by atoms with Crippen LogP contribution >= 0.6 is 11.3 Å². The van der Waals surface area contributed by atoms with E-state index in [0.717, 1.165) is 22.6 Å². The van der Waals surface area contributed by atoms with E-state index in [1.165, 1.54) is 80.6 Å². The fraction of sp³-hybridized carbons (Fsp3) is 0.0612. The van der Waals surface area contributed by atoms with E-state index >= 15 is 0 Å². The molecule has 0 unspecified atom stereocenters. The van der Waals surface area contributed by atoms with Crippen LogP contribution in [0.25, 0.3) is 75.0 Å². The molecule has 1 N–H and O–H groups in total. The van der Waals surface area contributed by atoms with Gasteiger partial charge in [0.15, 0.2) is 0 Å². The summed E-state index contributed by atoms with van der Waals surface area (Å²) in [5.41, 5.74) is 13.5. The molecular formula is C49H34N2S. The van der Waals surface area contributed by atoms with Crippen molar-refractivity contribution in [3.8, 4) is 22.3 Å². The summed E-state index contributed by atoms with van der Waals surface area (Å²) in [6.45, 7) is 4.72. The Labute approximate surface area is 306 Å². The van der Waals surface area contributed by atoms with E-state index < -0.39 is 0 Å². The van der Waals surface area contributed by atoms with Gasteiger partial charge >= 0.3 is 0 Å². The van der Waals surface area contributed by atoms with Gasteiger partial charge in [0.25, 0.3) is 0 Å². The predicted octanol–water partition coefficient (Wildman–Crippen LogP) is 14.3. The highest BCUT2D eigenvalue weighted by molar-refractivity contribution is 7.27. The number of thiophene rings is 1. The molecule has 3 heteroatoms. The molecule has 1 aliphatic carbocycles. The minimum Gasteiger partial charge on any atom is -0.354 e. The number of hydrogen-bond donors (Lipinski definition) is 1. The van der Waals surface area contributed by atoms with Gasteiger partial charge in [0.1, 0.15) is 0 Å². The summed E-state index contributed by atoms with van der Waals surface area (Å²) in [7, 11) is 0. The highest BCUT2D eigenvalue weighted by Crippen LogP contribution is 2.51. The van der Waals surface area contributed by atoms with Crippen LogP contribution in [0.5, 0.6) is 0 Å². The Balaban J connectivity index is 1.16. The van der Waals surface area contributed by atoms with Gasteiger partial charge in [0, 0.05) is 64.3 Å². The normalized spacial score (nSPS) is 13.3. The molecule has 0 fully saturated rings. The third-order valence-corrected chi connectivity index (χ3v) is 12.6. The van der Waals surface area contributed by atoms with Crippen molar-refractivity contribution in [3.05, 3.63) is 175 Å². The summed E-state index contributed by atoms with van der Waals surface area (Å²) >= 11 is 1.91. The maximum atomic E-state index is 3.87. The van der Waals surface area contributed by atoms with Crippen molar-refractivity contribution in [2.45, 2.75) is 19.3 Å². The van der Waals surface area contributed by atoms with Gasteiger partial charge in [0.2, 0.25) is 0 Å². The monoisotopic (exact) mass is 682 g/mol. The Morgan fingerprint density at radius 2 is 1.12 bits per heavy atom. The summed E-state index contributed by atoms with van der Waals surface area (Å²) in [5, 5.41) is 7.79. The van der Waals surface area contributed by atoms with Gasteiger partial charge in [-0.15, -0.1) is 11.3 Å². The van der Waals surface area contributed by atoms with Crippen LogP contribution in [0.3, 0.4) is 0 Å². The van der Waals surface area contributed by atoms with Gasteiger partial charge < -0.3 is 9.88 Å². The molecule has 0 amide bonds. The zero-order chi connectivity index (χ0) is 34.6. The molecule has 0 saturated heterocycles. The quantitative estimate of drug-likeness (QED) is 0.196. The lowest BCUT2D eigenvalue weighted by atomic mass is 9.82. The topological polar surface area (TPSA) is 19.0 Å². The molecule has 11 rings (SSSR count). The van der Waals surface area contributed by atoms with Crippen LogP contribution in [0.2, 0.25) is 0 Å². The first-order valence-electron chi connectivity index (χ1n) is 18.0. The lowest BCUT2D eigenvalue weighted by Crippen LogP contribution is -2.16. The second kappa shape index (κ2) is 10.9. The first-order chi connectivity index (χ1) is 25.5. The predicted molar refractivity (Wildman–Crippen MR) is 224 cm³/mol. The Morgan fingerprint density at radius 3 is 1.96 bits per heavy atom. The molecule has 8 aromatic carbocycles. The summed E-state index contributed by atoms with van der Waals surface area (Å²) < 4.78 is 2.66. The van der Waals surface area contributed by atoms with Crippen LogP contribution in [0.15, 0.2) is 164 Å². The van der Waals surface area contributed by atoms with E-state index in [4.69, 9.17) is 0 Å². The lowest BCUT2D eigenvalue weighted by Gasteiger charge is -2.28. The minimum atomic E-state index is -0.0978. The Bertz CT molecular complexity index is 3040. The van der Waals surface area contributed by atoms with Crippen molar-refractivity contribution in [1.29, 1.82) is 0 Å². The number of hydrogen-bond acceptors (Lipinski definition) is 2. The molecule has 2 nitrogen and oxygen atoms in total. The molecule has 246 valence electrons. The largest absolute Gasteiger partial charge is 0.354 e. The van der Waals surface area contributed by atoms with E-state index in [2.05, 4.69) is 188 Å². The third kappa shape index (κ3) is 4.17. The molecule has 0 aliphatic heterocycles. The number of benzene rings is 8. The third-order valence-electron chi connectivity index (χ3n) is 11.4. The Morgan fingerprint density at radius 1 is 0.481 bits per heavy atom. The summed E-state index contributed by atoms with van der Waals surface area (Å²) in [6, 6.07) is 60.3. The van der Waals surface area contributed by atoms with Gasteiger partial charge in [-0.3, -0.25) is 0 Å². The van der Waals surface area contributed by atoms with Crippen LogP contribution in [0, 0.1) is 0 Å². The van der Waals surface area contributed by atoms with Crippen molar-refractivity contribution in [2.75, 3.05) is 4.90 Å². The zero-order valence-corrected chi connectivity index (χ0v) is 29.8. The Hall–Kier alpha value is -6.16. The molecule has 2 aromatic heterocycles. The molecule has 0 radical (unpaired) electrons. The fourth-order valence-corrected chi connectivity index (χ4v) is 10.2. The van der Waals surface area contributed by atoms with Crippen molar-refractivity contribution in [2.24, 2.45) is 0 Å². The van der Waals surface area contributed by atoms with Crippen molar-refractivity contribution in [3.63, 3.8) is 0 Å². The number of H-pyrrole nitrogens is 1. The average molecular weight is 683 g/mol. The SMILES string of the molecule is CC1(C)c2ccccc2-c2ccc(N(c3ccc(-c4ccccc4)cc3)c3ccc4[nH]c5c6ccccc6c6c7ccccc7sc6c5c4c3)cc21. The molecular weight excluding hydrogens is 649 g/mol. The summed E-state index contributed by atoms with van der Waals surface area (Å²) in [6.07, 6.45) is 0. The van der Waals surface area contributed by atoms with Crippen molar-refractivity contribution >= 4 is 81.1 Å². The number of fused-ring (bicyclic) bond motifs is 13. The highest BCUT2D eigenvalue weighted by atomic mass is 32.1. The molecule has 0 saturated carbocycles. The van der Waals surface area contributed by atoms with Crippen LogP contribution in [0.4, 0.5) is 17.1 Å². The van der Waals surface area contributed by atoms with Crippen LogP contribution < -0.4 is 4.90 Å². The van der Waals surface area contributed by atoms with Gasteiger partial charge in [-0.1, -0.05) is 129 Å². The van der Waals surface area contributed by atoms with Gasteiger partial charge in [-0.05, 0) is 87.3 Å². The van der Waals surface area contributed by atoms with Crippen molar-refractivity contribution < 1.29 is 0 Å². The average Bonchev–Trinajstić information content (AvgIpc) is 3.84. The molecule has 0 spiro atoms. The number of nitrogens with zero attached hydrogens (tertiary/aromatic N) is 1. The first-order valence-corrected chi connectivity index (χ1v) is 18.8. The van der Waals surface area contributed by atoms with E-state index in [0.29, 0.717) is 0 Å². The number of aromatic amines is 1. The second-order valence-electron chi connectivity index (χ2n) is 14.6. The molecule has 1 aliphatic rings. The number of aromatic nitrogens is 1. The van der Waals surface area contributed by atoms with E-state index in [-0.39, 0.29) is 5.41 Å². The summed E-state index contributed by atoms with van der Waals surface area (Å²) in [5.74, 6) is 0. The smallest absolute Gasteiger partial charge is 0.0559 e. The lowest BCUT2D eigenvalue weighted by molar-refractivity contribution is 0.660. The maximum Gasteiger partial charge on any atom is 0.0559 e. The van der Waals surface area contributed by atoms with Gasteiger partial charge in [-0.25, -0.2) is 0 Å². The van der Waals surface area contributed by atoms with Crippen LogP contribution in [0.1, 0.15) is 25.0 Å². The maximum absolute atomic E-state index is 3.87. The number of rotatable bonds is 4. The van der Waals surface area contributed by atoms with Gasteiger partial charge in [-0.2, -0.15) is 0 Å². The Kier molecular flexibility index (Phi) is 6.21. The molecule has 10 aromatic rings. The standard InChI is InChI=1S/C49H34N2S/c1-49(2)41-18-10-8-14-35(41)36-26-24-34(29-42(36)49)51(32-22-20-31(21-23-32)30-12-4-3-5-13-30)33-25-27-43-40(28-33)46-47(50-43)38-16-7-6-15-37(38)45-39-17-9-11-19-44(39)52-48(45)46/h3-29,50H,1-2H3. The number of anilines is 3. The highest BCUT2D eigenvalue weighted by Gasteiger charge is 2.35. The first kappa shape index (κ1) is 29.6. The van der Waals surface area contributed by atoms with Crippen LogP contribution in [-0.4, -0.2) is 4.98 Å². The van der Waals surface area contributed by atoms with Gasteiger partial charge in [0.05, 0.1) is 5.52 Å². The zero-order valence-electron chi connectivity index (χ0n) is 28.9. The van der Waals surface area contributed by atoms with Crippen LogP contribution in [-0.2, 0) is 5.41 Å². The van der Waals surface area contributed by atoms with Crippen molar-refractivity contribution in [1.82, 2.24) is 4.98 Å². The number of nitrogens with one attached hydrogen (secondary N) is 1. The second-order valence-corrected chi connectivity index (χ2v) is 15.7. The molecule has 0 atom stereocenters. The van der Waals surface area contributed by atoms with E-state index in [9.17, 15) is 0 Å². The molecule has 2 heterocycles. The summed E-state index contributed by atoms with van der Waals surface area (Å²) in [4.78, 5) is 6.31. The molecule has 0 bridgehead atoms. The van der Waals surface area contributed by atoms with E-state index in [1.807, 2.05) is 11.3 Å². The fourth-order valence-electron chi connectivity index (χ4n) is 8.88.